The third-order valence-electron chi connectivity index (χ3n) is 2.89. The summed E-state index contributed by atoms with van der Waals surface area (Å²) in [4.78, 5) is 0. The number of benzene rings is 1. The van der Waals surface area contributed by atoms with Crippen LogP contribution in [0.5, 0.6) is 5.75 Å². The molecule has 0 aliphatic carbocycles. The van der Waals surface area contributed by atoms with Crippen molar-refractivity contribution in [3.8, 4) is 5.75 Å². The molecule has 1 N–H and O–H groups in total. The molecule has 1 aromatic rings. The third-order valence-corrected chi connectivity index (χ3v) is 3.11. The number of halogens is 1. The number of ether oxygens (including phenoxy) is 1. The topological polar surface area (TPSA) is 21.3 Å². The summed E-state index contributed by atoms with van der Waals surface area (Å²) in [7, 11) is 0. The summed E-state index contributed by atoms with van der Waals surface area (Å²) in [6.07, 6.45) is 4.91. The first-order chi connectivity index (χ1) is 8.84. The van der Waals surface area contributed by atoms with Gasteiger partial charge in [-0.1, -0.05) is 31.0 Å². The molecule has 2 nitrogen and oxygen atoms in total. The smallest absolute Gasteiger partial charge is 0.122 e. The molecule has 4 heteroatoms. The Morgan fingerprint density at radius 1 is 1.05 bits per heavy atom. The average Bonchev–Trinajstić information content (AvgIpc) is 2.39. The van der Waals surface area contributed by atoms with Crippen LogP contribution in [0, 0.1) is 6.92 Å². The molecule has 0 heterocycles. The van der Waals surface area contributed by atoms with Crippen molar-refractivity contribution in [1.82, 2.24) is 5.32 Å². The zero-order chi connectivity index (χ0) is 13.1. The Labute approximate surface area is 129 Å². The zero-order valence-electron chi connectivity index (χ0n) is 11.7. The minimum absolute atomic E-state index is 0. The van der Waals surface area contributed by atoms with Gasteiger partial charge in [0.05, 0.1) is 6.61 Å². The second-order valence-corrected chi connectivity index (χ2v) is 4.95. The van der Waals surface area contributed by atoms with Crippen LogP contribution in [0.15, 0.2) is 24.3 Å². The number of aryl methyl sites for hydroxylation is 1. The molecule has 19 heavy (non-hydrogen) atoms. The minimum Gasteiger partial charge on any atom is -0.493 e. The highest BCUT2D eigenvalue weighted by atomic mass is 35.5. The van der Waals surface area contributed by atoms with E-state index in [4.69, 9.17) is 4.74 Å². The SMILES string of the molecule is Cc1ccccc1OCCCCCCNCCS.Cl. The molecule has 110 valence electrons. The standard InChI is InChI=1S/C15H25NOS.ClH/c1-14-8-4-5-9-15(14)17-12-7-3-2-6-10-16-11-13-18;/h4-5,8-9,16,18H,2-3,6-7,10-13H2,1H3;1H. The molecular formula is C15H26ClNOS. The van der Waals surface area contributed by atoms with Crippen LogP contribution in [0.3, 0.4) is 0 Å². The van der Waals surface area contributed by atoms with E-state index in [0.717, 1.165) is 37.6 Å². The van der Waals surface area contributed by atoms with Crippen LogP contribution in [0.4, 0.5) is 0 Å². The quantitative estimate of drug-likeness (QED) is 0.506. The maximum atomic E-state index is 5.76. The van der Waals surface area contributed by atoms with Crippen molar-refractivity contribution in [2.45, 2.75) is 32.6 Å². The van der Waals surface area contributed by atoms with Crippen LogP contribution in [0.2, 0.25) is 0 Å². The van der Waals surface area contributed by atoms with Crippen LogP contribution < -0.4 is 10.1 Å². The van der Waals surface area contributed by atoms with Gasteiger partial charge in [-0.05, 0) is 37.9 Å². The molecule has 0 bridgehead atoms. The van der Waals surface area contributed by atoms with Crippen LogP contribution >= 0.6 is 25.0 Å². The van der Waals surface area contributed by atoms with E-state index >= 15 is 0 Å². The van der Waals surface area contributed by atoms with Crippen LogP contribution in [0.1, 0.15) is 31.2 Å². The van der Waals surface area contributed by atoms with E-state index in [1.54, 1.807) is 0 Å². The van der Waals surface area contributed by atoms with Gasteiger partial charge in [-0.15, -0.1) is 12.4 Å². The van der Waals surface area contributed by atoms with Gasteiger partial charge in [0, 0.05) is 12.3 Å². The summed E-state index contributed by atoms with van der Waals surface area (Å²) in [6.45, 7) is 5.04. The first-order valence-corrected chi connectivity index (χ1v) is 7.48. The van der Waals surface area contributed by atoms with Crippen molar-refractivity contribution in [3.05, 3.63) is 29.8 Å². The van der Waals surface area contributed by atoms with Crippen molar-refractivity contribution in [3.63, 3.8) is 0 Å². The molecule has 0 saturated heterocycles. The van der Waals surface area contributed by atoms with E-state index in [9.17, 15) is 0 Å². The van der Waals surface area contributed by atoms with Gasteiger partial charge in [0.2, 0.25) is 0 Å². The van der Waals surface area contributed by atoms with E-state index in [1.807, 2.05) is 18.2 Å². The van der Waals surface area contributed by atoms with Crippen molar-refractivity contribution in [2.75, 3.05) is 25.4 Å². The molecule has 0 fully saturated rings. The van der Waals surface area contributed by atoms with E-state index < -0.39 is 0 Å². The molecule has 0 saturated carbocycles. The number of hydrogen-bond acceptors (Lipinski definition) is 3. The lowest BCUT2D eigenvalue weighted by Gasteiger charge is -2.08. The summed E-state index contributed by atoms with van der Waals surface area (Å²) in [5.74, 6) is 1.94. The lowest BCUT2D eigenvalue weighted by atomic mass is 10.2. The summed E-state index contributed by atoms with van der Waals surface area (Å²) in [5, 5.41) is 3.35. The normalized spacial score (nSPS) is 10.0. The van der Waals surface area contributed by atoms with Gasteiger partial charge in [0.25, 0.3) is 0 Å². The van der Waals surface area contributed by atoms with E-state index in [2.05, 4.69) is 30.9 Å². The second-order valence-electron chi connectivity index (χ2n) is 4.50. The predicted molar refractivity (Wildman–Crippen MR) is 89.1 cm³/mol. The Balaban J connectivity index is 0.00000324. The summed E-state index contributed by atoms with van der Waals surface area (Å²) in [5.41, 5.74) is 1.22. The van der Waals surface area contributed by atoms with E-state index in [0.29, 0.717) is 0 Å². The highest BCUT2D eigenvalue weighted by Crippen LogP contribution is 2.16. The number of nitrogens with one attached hydrogen (secondary N) is 1. The van der Waals surface area contributed by atoms with E-state index in [-0.39, 0.29) is 12.4 Å². The molecule has 1 rings (SSSR count). The molecule has 0 aliphatic rings. The Kier molecular flexibility index (Phi) is 12.4. The van der Waals surface area contributed by atoms with Gasteiger partial charge < -0.3 is 10.1 Å². The molecule has 0 aliphatic heterocycles. The highest BCUT2D eigenvalue weighted by molar-refractivity contribution is 7.80. The minimum atomic E-state index is 0. The first-order valence-electron chi connectivity index (χ1n) is 6.84. The largest absolute Gasteiger partial charge is 0.493 e. The lowest BCUT2D eigenvalue weighted by molar-refractivity contribution is 0.302. The fourth-order valence-corrected chi connectivity index (χ4v) is 1.97. The summed E-state index contributed by atoms with van der Waals surface area (Å²) >= 11 is 4.16. The lowest BCUT2D eigenvalue weighted by Crippen LogP contribution is -2.17. The molecule has 0 spiro atoms. The maximum Gasteiger partial charge on any atom is 0.122 e. The summed E-state index contributed by atoms with van der Waals surface area (Å²) in [6, 6.07) is 8.19. The summed E-state index contributed by atoms with van der Waals surface area (Å²) < 4.78 is 5.76. The molecular weight excluding hydrogens is 278 g/mol. The maximum absolute atomic E-state index is 5.76. The van der Waals surface area contributed by atoms with Crippen LogP contribution in [-0.2, 0) is 0 Å². The Morgan fingerprint density at radius 3 is 2.53 bits per heavy atom. The number of unbranched alkanes of at least 4 members (excludes halogenated alkanes) is 3. The first kappa shape index (κ1) is 18.6. The Hall–Kier alpha value is -0.380. The molecule has 0 aromatic heterocycles. The monoisotopic (exact) mass is 303 g/mol. The number of thiol groups is 1. The van der Waals surface area contributed by atoms with Gasteiger partial charge in [0.1, 0.15) is 5.75 Å². The van der Waals surface area contributed by atoms with Crippen molar-refractivity contribution in [2.24, 2.45) is 0 Å². The number of hydrogen-bond donors (Lipinski definition) is 2. The molecule has 1 aromatic carbocycles. The van der Waals surface area contributed by atoms with Gasteiger partial charge in [-0.25, -0.2) is 0 Å². The molecule has 0 unspecified atom stereocenters. The van der Waals surface area contributed by atoms with Gasteiger partial charge in [-0.2, -0.15) is 12.6 Å². The van der Waals surface area contributed by atoms with Gasteiger partial charge >= 0.3 is 0 Å². The van der Waals surface area contributed by atoms with Gasteiger partial charge in [-0.3, -0.25) is 0 Å². The Morgan fingerprint density at radius 2 is 1.79 bits per heavy atom. The van der Waals surface area contributed by atoms with Crippen LogP contribution in [0.25, 0.3) is 0 Å². The number of para-hydroxylation sites is 1. The Bertz CT molecular complexity index is 323. The van der Waals surface area contributed by atoms with Gasteiger partial charge in [0.15, 0.2) is 0 Å². The number of rotatable bonds is 10. The van der Waals surface area contributed by atoms with E-state index in [1.165, 1.54) is 24.8 Å². The highest BCUT2D eigenvalue weighted by Gasteiger charge is 1.97. The zero-order valence-corrected chi connectivity index (χ0v) is 13.4. The molecule has 0 amide bonds. The van der Waals surface area contributed by atoms with Crippen molar-refractivity contribution < 1.29 is 4.74 Å². The fourth-order valence-electron chi connectivity index (χ4n) is 1.81. The third kappa shape index (κ3) is 9.20. The fraction of sp³-hybridized carbons (Fsp3) is 0.600. The average molecular weight is 304 g/mol. The second kappa shape index (κ2) is 12.6. The predicted octanol–water partition coefficient (Wildman–Crippen LogP) is 3.88. The van der Waals surface area contributed by atoms with Crippen molar-refractivity contribution in [1.29, 1.82) is 0 Å². The van der Waals surface area contributed by atoms with Crippen molar-refractivity contribution >= 4 is 25.0 Å². The van der Waals surface area contributed by atoms with Crippen LogP contribution in [-0.4, -0.2) is 25.4 Å². The molecule has 0 radical (unpaired) electrons. The molecule has 0 atom stereocenters.